The van der Waals surface area contributed by atoms with E-state index in [2.05, 4.69) is 36.5 Å². The van der Waals surface area contributed by atoms with Gasteiger partial charge in [-0.2, -0.15) is 0 Å². The van der Waals surface area contributed by atoms with Gasteiger partial charge in [-0.25, -0.2) is 0 Å². The van der Waals surface area contributed by atoms with Gasteiger partial charge in [0.1, 0.15) is 0 Å². The Kier molecular flexibility index (Phi) is 10.5. The summed E-state index contributed by atoms with van der Waals surface area (Å²) in [7, 11) is 0. The summed E-state index contributed by atoms with van der Waals surface area (Å²) in [5.74, 6) is -2.45. The van der Waals surface area contributed by atoms with Crippen molar-refractivity contribution in [2.45, 2.75) is 83.7 Å². The van der Waals surface area contributed by atoms with E-state index < -0.39 is 17.4 Å². The molecular weight excluding hydrogens is 378 g/mol. The van der Waals surface area contributed by atoms with E-state index in [1.807, 2.05) is 0 Å². The van der Waals surface area contributed by atoms with Crippen molar-refractivity contribution in [3.63, 3.8) is 0 Å². The van der Waals surface area contributed by atoms with Crippen molar-refractivity contribution < 1.29 is 19.8 Å². The zero-order valence-corrected chi connectivity index (χ0v) is 17.6. The molecule has 5 nitrogen and oxygen atoms in total. The number of aryl methyl sites for hydroxylation is 1. The van der Waals surface area contributed by atoms with Crippen LogP contribution in [0.25, 0.3) is 0 Å². The van der Waals surface area contributed by atoms with Crippen LogP contribution in [0.15, 0.2) is 24.3 Å². The normalized spacial score (nSPS) is 17.8. The number of carboxylic acid groups (broad SMARTS) is 2. The van der Waals surface area contributed by atoms with Gasteiger partial charge in [-0.1, -0.05) is 63.3 Å². The summed E-state index contributed by atoms with van der Waals surface area (Å²) in [5.41, 5.74) is 0.870. The number of unbranched alkanes of at least 4 members (excludes halogenated alkanes) is 5. The lowest BCUT2D eigenvalue weighted by atomic mass is 9.86. The van der Waals surface area contributed by atoms with E-state index in [4.69, 9.17) is 0 Å². The Morgan fingerprint density at radius 3 is 2.14 bits per heavy atom. The van der Waals surface area contributed by atoms with Gasteiger partial charge in [-0.05, 0) is 43.2 Å². The molecule has 0 radical (unpaired) electrons. The Labute approximate surface area is 174 Å². The molecule has 0 saturated heterocycles. The van der Waals surface area contributed by atoms with Crippen LogP contribution in [0.3, 0.4) is 0 Å². The summed E-state index contributed by atoms with van der Waals surface area (Å²) in [6.07, 6.45) is 9.83. The third-order valence-corrected chi connectivity index (χ3v) is 5.77. The van der Waals surface area contributed by atoms with Crippen LogP contribution in [-0.2, 0) is 22.6 Å². The van der Waals surface area contributed by atoms with Crippen molar-refractivity contribution in [2.24, 2.45) is 5.41 Å². The van der Waals surface area contributed by atoms with Crippen LogP contribution < -0.4 is 5.32 Å². The zero-order valence-electron chi connectivity index (χ0n) is 16.8. The Hall–Kier alpha value is -1.59. The van der Waals surface area contributed by atoms with E-state index in [-0.39, 0.29) is 31.3 Å². The molecule has 1 aliphatic carbocycles. The Bertz CT molecular complexity index is 603. The van der Waals surface area contributed by atoms with Crippen LogP contribution >= 0.6 is 12.4 Å². The van der Waals surface area contributed by atoms with Crippen molar-refractivity contribution in [2.75, 3.05) is 0 Å². The number of hydrogen-bond acceptors (Lipinski definition) is 3. The Morgan fingerprint density at radius 2 is 1.57 bits per heavy atom. The van der Waals surface area contributed by atoms with Gasteiger partial charge in [0.25, 0.3) is 0 Å². The highest BCUT2D eigenvalue weighted by atomic mass is 35.5. The fourth-order valence-corrected chi connectivity index (χ4v) is 3.90. The number of carbonyl (C=O) groups is 2. The van der Waals surface area contributed by atoms with Gasteiger partial charge in [-0.3, -0.25) is 9.59 Å². The maximum Gasteiger partial charge on any atom is 0.321 e. The SMILES string of the molecule is CCCCCCCCc1ccc(CNC2CCC(C(=O)O)(C(=O)O)C2)cc1.Cl. The Morgan fingerprint density at radius 1 is 1.00 bits per heavy atom. The number of carboxylic acids is 2. The number of aliphatic carboxylic acids is 2. The number of nitrogens with one attached hydrogen (secondary N) is 1. The molecule has 0 amide bonds. The van der Waals surface area contributed by atoms with Crippen molar-refractivity contribution >= 4 is 24.3 Å². The molecule has 1 saturated carbocycles. The van der Waals surface area contributed by atoms with Gasteiger partial charge in [-0.15, -0.1) is 12.4 Å². The fourth-order valence-electron chi connectivity index (χ4n) is 3.90. The molecule has 158 valence electrons. The van der Waals surface area contributed by atoms with Gasteiger partial charge in [0.2, 0.25) is 0 Å². The molecule has 1 fully saturated rings. The molecule has 0 aromatic heterocycles. The van der Waals surface area contributed by atoms with Gasteiger partial charge in [0.15, 0.2) is 5.41 Å². The van der Waals surface area contributed by atoms with E-state index in [9.17, 15) is 19.8 Å². The summed E-state index contributed by atoms with van der Waals surface area (Å²) < 4.78 is 0. The second kappa shape index (κ2) is 12.1. The van der Waals surface area contributed by atoms with E-state index in [0.717, 1.165) is 12.0 Å². The first-order valence-corrected chi connectivity index (χ1v) is 10.3. The summed E-state index contributed by atoms with van der Waals surface area (Å²) >= 11 is 0. The van der Waals surface area contributed by atoms with Crippen molar-refractivity contribution in [3.05, 3.63) is 35.4 Å². The Balaban J connectivity index is 0.00000392. The van der Waals surface area contributed by atoms with E-state index in [0.29, 0.717) is 13.0 Å². The minimum absolute atomic E-state index is 0. The molecule has 6 heteroatoms. The van der Waals surface area contributed by atoms with Crippen LogP contribution in [0.4, 0.5) is 0 Å². The molecule has 2 rings (SSSR count). The summed E-state index contributed by atoms with van der Waals surface area (Å²) in [4.78, 5) is 22.7. The second-order valence-electron chi connectivity index (χ2n) is 7.85. The third-order valence-electron chi connectivity index (χ3n) is 5.77. The molecule has 1 aromatic carbocycles. The number of benzene rings is 1. The lowest BCUT2D eigenvalue weighted by molar-refractivity contribution is -0.164. The topological polar surface area (TPSA) is 86.6 Å². The largest absolute Gasteiger partial charge is 0.480 e. The summed E-state index contributed by atoms with van der Waals surface area (Å²) in [5, 5.41) is 21.9. The van der Waals surface area contributed by atoms with Crippen LogP contribution in [0, 0.1) is 5.41 Å². The highest BCUT2D eigenvalue weighted by Crippen LogP contribution is 2.39. The predicted molar refractivity (Wildman–Crippen MR) is 113 cm³/mol. The van der Waals surface area contributed by atoms with Gasteiger partial charge < -0.3 is 15.5 Å². The third kappa shape index (κ3) is 6.78. The average molecular weight is 412 g/mol. The van der Waals surface area contributed by atoms with Gasteiger partial charge in [0, 0.05) is 12.6 Å². The zero-order chi connectivity index (χ0) is 19.7. The van der Waals surface area contributed by atoms with Crippen LogP contribution in [-0.4, -0.2) is 28.2 Å². The highest BCUT2D eigenvalue weighted by molar-refractivity contribution is 5.98. The molecule has 1 atom stereocenters. The molecule has 1 aliphatic rings. The van der Waals surface area contributed by atoms with Gasteiger partial charge >= 0.3 is 11.9 Å². The maximum atomic E-state index is 11.4. The quantitative estimate of drug-likeness (QED) is 0.339. The predicted octanol–water partition coefficient (Wildman–Crippen LogP) is 4.81. The monoisotopic (exact) mass is 411 g/mol. The molecule has 1 aromatic rings. The molecule has 0 aliphatic heterocycles. The molecule has 0 bridgehead atoms. The minimum Gasteiger partial charge on any atom is -0.480 e. The van der Waals surface area contributed by atoms with Crippen LogP contribution in [0.5, 0.6) is 0 Å². The minimum atomic E-state index is -1.63. The molecular formula is C22H34ClNO4. The maximum absolute atomic E-state index is 11.4. The fraction of sp³-hybridized carbons (Fsp3) is 0.636. The van der Waals surface area contributed by atoms with Gasteiger partial charge in [0.05, 0.1) is 0 Å². The van der Waals surface area contributed by atoms with Crippen LogP contribution in [0.2, 0.25) is 0 Å². The lowest BCUT2D eigenvalue weighted by Crippen LogP contribution is -2.39. The van der Waals surface area contributed by atoms with Crippen LogP contribution in [0.1, 0.15) is 75.8 Å². The first-order valence-electron chi connectivity index (χ1n) is 10.3. The van der Waals surface area contributed by atoms with E-state index >= 15 is 0 Å². The smallest absolute Gasteiger partial charge is 0.321 e. The molecule has 0 spiro atoms. The lowest BCUT2D eigenvalue weighted by Gasteiger charge is -2.19. The molecule has 0 heterocycles. The summed E-state index contributed by atoms with van der Waals surface area (Å²) in [6, 6.07) is 8.47. The standard InChI is InChI=1S/C22H33NO4.ClH/c1-2-3-4-5-6-7-8-17-9-11-18(12-10-17)16-23-19-13-14-22(15-19,20(24)25)21(26)27;/h9-12,19,23H,2-8,13-16H2,1H3,(H,24,25)(H,26,27);1H. The highest BCUT2D eigenvalue weighted by Gasteiger charge is 2.51. The van der Waals surface area contributed by atoms with Crippen molar-refractivity contribution in [1.29, 1.82) is 0 Å². The number of halogens is 1. The number of hydrogen-bond donors (Lipinski definition) is 3. The first kappa shape index (κ1) is 24.4. The van der Waals surface area contributed by atoms with E-state index in [1.165, 1.54) is 44.1 Å². The first-order chi connectivity index (χ1) is 13.0. The number of rotatable bonds is 12. The molecule has 1 unspecified atom stereocenters. The summed E-state index contributed by atoms with van der Waals surface area (Å²) in [6.45, 7) is 2.87. The molecule has 3 N–H and O–H groups in total. The van der Waals surface area contributed by atoms with E-state index in [1.54, 1.807) is 0 Å². The molecule has 28 heavy (non-hydrogen) atoms. The average Bonchev–Trinajstić information content (AvgIpc) is 3.10. The van der Waals surface area contributed by atoms with Crippen molar-refractivity contribution in [1.82, 2.24) is 5.32 Å². The second-order valence-corrected chi connectivity index (χ2v) is 7.85. The van der Waals surface area contributed by atoms with Crippen molar-refractivity contribution in [3.8, 4) is 0 Å².